The highest BCUT2D eigenvalue weighted by atomic mass is 127. The lowest BCUT2D eigenvalue weighted by Gasteiger charge is -2.30. The average molecular weight is 337 g/mol. The summed E-state index contributed by atoms with van der Waals surface area (Å²) >= 11 is 2.33. The number of hydrogen-bond acceptors (Lipinski definition) is 2. The van der Waals surface area contributed by atoms with Crippen molar-refractivity contribution in [2.75, 3.05) is 11.6 Å². The van der Waals surface area contributed by atoms with Gasteiger partial charge in [-0.05, 0) is 52.9 Å². The SMILES string of the molecule is Ic1ccc2c(c1)CN(c1ccccc1)CO2. The van der Waals surface area contributed by atoms with Crippen molar-refractivity contribution in [1.29, 1.82) is 0 Å². The van der Waals surface area contributed by atoms with Crippen LogP contribution in [0.3, 0.4) is 0 Å². The van der Waals surface area contributed by atoms with E-state index in [0.717, 1.165) is 12.3 Å². The highest BCUT2D eigenvalue weighted by Crippen LogP contribution is 2.29. The fourth-order valence-corrected chi connectivity index (χ4v) is 2.57. The minimum atomic E-state index is 0.623. The molecule has 0 saturated heterocycles. The third-order valence-corrected chi connectivity index (χ3v) is 3.55. The molecule has 0 unspecified atom stereocenters. The lowest BCUT2D eigenvalue weighted by molar-refractivity contribution is 0.289. The van der Waals surface area contributed by atoms with Crippen molar-refractivity contribution in [3.8, 4) is 5.75 Å². The maximum absolute atomic E-state index is 5.77. The first-order valence-corrected chi connectivity index (χ1v) is 6.62. The molecule has 0 fully saturated rings. The van der Waals surface area contributed by atoms with Gasteiger partial charge in [-0.25, -0.2) is 0 Å². The zero-order valence-electron chi connectivity index (χ0n) is 9.27. The van der Waals surface area contributed by atoms with Crippen LogP contribution >= 0.6 is 22.6 Å². The molecule has 0 atom stereocenters. The second kappa shape index (κ2) is 4.56. The Morgan fingerprint density at radius 1 is 1.06 bits per heavy atom. The van der Waals surface area contributed by atoms with E-state index < -0.39 is 0 Å². The molecule has 0 amide bonds. The van der Waals surface area contributed by atoms with E-state index in [-0.39, 0.29) is 0 Å². The zero-order valence-corrected chi connectivity index (χ0v) is 11.4. The van der Waals surface area contributed by atoms with Crippen molar-refractivity contribution in [3.05, 3.63) is 57.7 Å². The highest BCUT2D eigenvalue weighted by molar-refractivity contribution is 14.1. The third kappa shape index (κ3) is 2.24. The molecule has 0 saturated carbocycles. The average Bonchev–Trinajstić information content (AvgIpc) is 2.39. The van der Waals surface area contributed by atoms with Crippen LogP contribution in [0, 0.1) is 3.57 Å². The van der Waals surface area contributed by atoms with Gasteiger partial charge in [0.2, 0.25) is 0 Å². The first-order valence-electron chi connectivity index (χ1n) is 5.54. The fraction of sp³-hybridized carbons (Fsp3) is 0.143. The molecule has 17 heavy (non-hydrogen) atoms. The first kappa shape index (κ1) is 10.9. The quantitative estimate of drug-likeness (QED) is 0.737. The van der Waals surface area contributed by atoms with Gasteiger partial charge < -0.3 is 9.64 Å². The number of fused-ring (bicyclic) bond motifs is 1. The van der Waals surface area contributed by atoms with E-state index in [0.29, 0.717) is 6.73 Å². The number of anilines is 1. The van der Waals surface area contributed by atoms with E-state index in [1.807, 2.05) is 6.07 Å². The molecule has 0 aliphatic carbocycles. The van der Waals surface area contributed by atoms with Crippen molar-refractivity contribution in [2.24, 2.45) is 0 Å². The molecule has 2 aromatic rings. The van der Waals surface area contributed by atoms with Crippen molar-refractivity contribution >= 4 is 28.3 Å². The van der Waals surface area contributed by atoms with Crippen LogP contribution in [0.1, 0.15) is 5.56 Å². The summed E-state index contributed by atoms with van der Waals surface area (Å²) < 4.78 is 7.02. The lowest BCUT2D eigenvalue weighted by atomic mass is 10.1. The molecule has 1 aliphatic heterocycles. The molecular weight excluding hydrogens is 325 g/mol. The van der Waals surface area contributed by atoms with Gasteiger partial charge in [0, 0.05) is 21.4 Å². The van der Waals surface area contributed by atoms with Crippen LogP contribution in [-0.2, 0) is 6.54 Å². The summed E-state index contributed by atoms with van der Waals surface area (Å²) in [6.45, 7) is 1.54. The van der Waals surface area contributed by atoms with Crippen LogP contribution in [0.2, 0.25) is 0 Å². The molecular formula is C14H12INO. The van der Waals surface area contributed by atoms with Gasteiger partial charge in [-0.1, -0.05) is 18.2 Å². The molecule has 3 rings (SSSR count). The molecule has 1 heterocycles. The van der Waals surface area contributed by atoms with E-state index >= 15 is 0 Å². The normalized spacial score (nSPS) is 14.1. The molecule has 0 radical (unpaired) electrons. The summed E-state index contributed by atoms with van der Waals surface area (Å²) in [5, 5.41) is 0. The van der Waals surface area contributed by atoms with E-state index in [2.05, 4.69) is 70.0 Å². The molecule has 86 valence electrons. The number of para-hydroxylation sites is 1. The lowest BCUT2D eigenvalue weighted by Crippen LogP contribution is -2.31. The van der Waals surface area contributed by atoms with Crippen LogP contribution in [0.5, 0.6) is 5.75 Å². The van der Waals surface area contributed by atoms with Crippen molar-refractivity contribution in [2.45, 2.75) is 6.54 Å². The van der Waals surface area contributed by atoms with Gasteiger partial charge in [-0.15, -0.1) is 0 Å². The van der Waals surface area contributed by atoms with Gasteiger partial charge in [-0.3, -0.25) is 0 Å². The summed E-state index contributed by atoms with van der Waals surface area (Å²) in [6.07, 6.45) is 0. The summed E-state index contributed by atoms with van der Waals surface area (Å²) in [5.41, 5.74) is 2.46. The third-order valence-electron chi connectivity index (χ3n) is 2.88. The van der Waals surface area contributed by atoms with E-state index in [9.17, 15) is 0 Å². The number of hydrogen-bond donors (Lipinski definition) is 0. The van der Waals surface area contributed by atoms with Gasteiger partial charge in [0.25, 0.3) is 0 Å². The van der Waals surface area contributed by atoms with Crippen molar-refractivity contribution < 1.29 is 4.74 Å². The molecule has 0 aromatic heterocycles. The molecule has 2 aromatic carbocycles. The van der Waals surface area contributed by atoms with Gasteiger partial charge in [0.15, 0.2) is 6.73 Å². The summed E-state index contributed by atoms with van der Waals surface area (Å²) in [4.78, 5) is 2.23. The monoisotopic (exact) mass is 337 g/mol. The number of ether oxygens (including phenoxy) is 1. The summed E-state index contributed by atoms with van der Waals surface area (Å²) in [7, 11) is 0. The molecule has 0 spiro atoms. The predicted molar refractivity (Wildman–Crippen MR) is 77.3 cm³/mol. The fourth-order valence-electron chi connectivity index (χ4n) is 2.02. The second-order valence-corrected chi connectivity index (χ2v) is 5.30. The number of halogens is 1. The Morgan fingerprint density at radius 3 is 2.71 bits per heavy atom. The van der Waals surface area contributed by atoms with Crippen molar-refractivity contribution in [3.63, 3.8) is 0 Å². The minimum Gasteiger partial charge on any atom is -0.473 e. The van der Waals surface area contributed by atoms with Crippen LogP contribution < -0.4 is 9.64 Å². The van der Waals surface area contributed by atoms with Gasteiger partial charge in [0.1, 0.15) is 5.75 Å². The smallest absolute Gasteiger partial charge is 0.161 e. The molecule has 2 nitrogen and oxygen atoms in total. The summed E-state index contributed by atoms with van der Waals surface area (Å²) in [5.74, 6) is 1.01. The Kier molecular flexibility index (Phi) is 2.93. The van der Waals surface area contributed by atoms with E-state index in [4.69, 9.17) is 4.74 Å². The van der Waals surface area contributed by atoms with Crippen LogP contribution in [-0.4, -0.2) is 6.73 Å². The highest BCUT2D eigenvalue weighted by Gasteiger charge is 2.17. The topological polar surface area (TPSA) is 12.5 Å². The van der Waals surface area contributed by atoms with Gasteiger partial charge in [-0.2, -0.15) is 0 Å². The van der Waals surface area contributed by atoms with Crippen molar-refractivity contribution in [1.82, 2.24) is 0 Å². The van der Waals surface area contributed by atoms with Crippen LogP contribution in [0.15, 0.2) is 48.5 Å². The molecule has 3 heteroatoms. The Labute approximate surface area is 114 Å². The Balaban J connectivity index is 1.90. The summed E-state index contributed by atoms with van der Waals surface area (Å²) in [6, 6.07) is 16.7. The minimum absolute atomic E-state index is 0.623. The second-order valence-electron chi connectivity index (χ2n) is 4.06. The molecule has 1 aliphatic rings. The largest absolute Gasteiger partial charge is 0.473 e. The molecule has 0 N–H and O–H groups in total. The first-order chi connectivity index (χ1) is 8.33. The van der Waals surface area contributed by atoms with E-state index in [1.165, 1.54) is 14.8 Å². The number of benzene rings is 2. The number of nitrogens with zero attached hydrogens (tertiary/aromatic N) is 1. The van der Waals surface area contributed by atoms with Crippen LogP contribution in [0.4, 0.5) is 5.69 Å². The Bertz CT molecular complexity index is 527. The maximum Gasteiger partial charge on any atom is 0.161 e. The van der Waals surface area contributed by atoms with Gasteiger partial charge >= 0.3 is 0 Å². The zero-order chi connectivity index (χ0) is 11.7. The molecule has 0 bridgehead atoms. The standard InChI is InChI=1S/C14H12INO/c15-12-6-7-14-11(8-12)9-16(10-17-14)13-4-2-1-3-5-13/h1-8H,9-10H2. The van der Waals surface area contributed by atoms with Gasteiger partial charge in [0.05, 0.1) is 0 Å². The van der Waals surface area contributed by atoms with Crippen LogP contribution in [0.25, 0.3) is 0 Å². The maximum atomic E-state index is 5.77. The number of rotatable bonds is 1. The Morgan fingerprint density at radius 2 is 1.88 bits per heavy atom. The Hall–Kier alpha value is -1.23. The van der Waals surface area contributed by atoms with E-state index in [1.54, 1.807) is 0 Å². The predicted octanol–water partition coefficient (Wildman–Crippen LogP) is 3.65.